The molecule has 0 radical (unpaired) electrons. The SMILES string of the molecule is CC1CC(C(O)C(C)(C)O)OC2C1C1(C)CCC34CC35CCC(OC3CN(C(=O)c6ccncc6)CCO3)C(C)(C)C5CCC4C1(C)C2O. The van der Waals surface area contributed by atoms with Gasteiger partial charge in [-0.3, -0.25) is 9.78 Å². The molecule has 5 saturated carbocycles. The van der Waals surface area contributed by atoms with E-state index in [1.807, 2.05) is 4.90 Å². The average molecular weight is 681 g/mol. The highest BCUT2D eigenvalue weighted by molar-refractivity contribution is 5.94. The highest BCUT2D eigenvalue weighted by Crippen LogP contribution is 2.89. The standard InChI is InChI=1S/C40H60N2O7/c1-23-20-25(32(43)36(4,5)46)48-31-30(23)37(6)14-15-40-22-39(40)13-10-28(35(2,3)26(39)8-9-27(40)38(37,7)33(31)44)49-29-21-42(18-19-47-29)34(45)24-11-16-41-17-12-24/h11-12,16-17,23,25-33,43-44,46H,8-10,13-15,18-22H2,1-7H3. The van der Waals surface area contributed by atoms with E-state index >= 15 is 0 Å². The zero-order valence-electron chi connectivity index (χ0n) is 30.7. The van der Waals surface area contributed by atoms with Crippen LogP contribution in [0.4, 0.5) is 0 Å². The number of aromatic nitrogens is 1. The largest absolute Gasteiger partial charge is 0.390 e. The van der Waals surface area contributed by atoms with Crippen molar-refractivity contribution in [3.8, 4) is 0 Å². The Kier molecular flexibility index (Phi) is 7.87. The number of carbonyl (C=O) groups is 1. The predicted octanol–water partition coefficient (Wildman–Crippen LogP) is 5.21. The third kappa shape index (κ3) is 4.64. The molecule has 5 aliphatic carbocycles. The third-order valence-corrected chi connectivity index (χ3v) is 16.4. The molecule has 0 bridgehead atoms. The Morgan fingerprint density at radius 3 is 2.47 bits per heavy atom. The van der Waals surface area contributed by atoms with E-state index in [0.29, 0.717) is 43.5 Å². The molecular weight excluding hydrogens is 620 g/mol. The fourth-order valence-corrected chi connectivity index (χ4v) is 14.0. The van der Waals surface area contributed by atoms with Gasteiger partial charge in [0.15, 0.2) is 6.29 Å². The summed E-state index contributed by atoms with van der Waals surface area (Å²) in [5.41, 5.74) is -0.513. The van der Waals surface area contributed by atoms with Gasteiger partial charge in [-0.25, -0.2) is 0 Å². The van der Waals surface area contributed by atoms with Gasteiger partial charge in [-0.1, -0.05) is 34.6 Å². The topological polar surface area (TPSA) is 122 Å². The van der Waals surface area contributed by atoms with E-state index < -0.39 is 30.2 Å². The van der Waals surface area contributed by atoms with Crippen molar-refractivity contribution in [2.24, 2.45) is 50.7 Å². The van der Waals surface area contributed by atoms with Crippen molar-refractivity contribution in [2.45, 2.75) is 142 Å². The zero-order valence-corrected chi connectivity index (χ0v) is 30.7. The quantitative estimate of drug-likeness (QED) is 0.388. The summed E-state index contributed by atoms with van der Waals surface area (Å²) in [5.74, 6) is 1.46. The van der Waals surface area contributed by atoms with Gasteiger partial charge in [0.05, 0.1) is 43.2 Å². The number of pyridine rings is 1. The lowest BCUT2D eigenvalue weighted by molar-refractivity contribution is -0.245. The second-order valence-corrected chi connectivity index (χ2v) is 19.1. The summed E-state index contributed by atoms with van der Waals surface area (Å²) >= 11 is 0. The van der Waals surface area contributed by atoms with Crippen LogP contribution in [0, 0.1) is 50.7 Å². The molecule has 8 rings (SSSR count). The Morgan fingerprint density at radius 1 is 1.06 bits per heavy atom. The van der Waals surface area contributed by atoms with Crippen LogP contribution >= 0.6 is 0 Å². The van der Waals surface area contributed by atoms with E-state index in [2.05, 4.69) is 39.6 Å². The maximum Gasteiger partial charge on any atom is 0.254 e. The number of fused-ring (bicyclic) bond motifs is 4. The van der Waals surface area contributed by atoms with E-state index in [4.69, 9.17) is 14.2 Å². The second kappa shape index (κ2) is 11.2. The summed E-state index contributed by atoms with van der Waals surface area (Å²) in [6.07, 6.45) is 9.09. The van der Waals surface area contributed by atoms with Crippen molar-refractivity contribution in [3.05, 3.63) is 30.1 Å². The first-order valence-corrected chi connectivity index (χ1v) is 19.2. The van der Waals surface area contributed by atoms with Crippen molar-refractivity contribution in [3.63, 3.8) is 0 Å². The molecule has 2 saturated heterocycles. The molecule has 7 aliphatic rings. The van der Waals surface area contributed by atoms with Gasteiger partial charge in [-0.05, 0) is 123 Å². The fraction of sp³-hybridized carbons (Fsp3) is 0.850. The smallest absolute Gasteiger partial charge is 0.254 e. The molecule has 1 amide bonds. The molecule has 3 N–H and O–H groups in total. The van der Waals surface area contributed by atoms with Crippen LogP contribution in [0.25, 0.3) is 0 Å². The molecule has 272 valence electrons. The number of carbonyl (C=O) groups excluding carboxylic acids is 1. The molecule has 7 fully saturated rings. The van der Waals surface area contributed by atoms with Crippen LogP contribution in [-0.2, 0) is 14.2 Å². The third-order valence-electron chi connectivity index (χ3n) is 16.4. The summed E-state index contributed by atoms with van der Waals surface area (Å²) in [7, 11) is 0. The number of amides is 1. The molecule has 9 nitrogen and oxygen atoms in total. The normalized spacial score (nSPS) is 49.1. The van der Waals surface area contributed by atoms with Crippen LogP contribution in [0.3, 0.4) is 0 Å². The van der Waals surface area contributed by atoms with E-state index in [1.54, 1.807) is 38.4 Å². The number of nitrogens with zero attached hydrogens (tertiary/aromatic N) is 2. The lowest BCUT2D eigenvalue weighted by Crippen LogP contribution is -2.60. The Hall–Kier alpha value is -1.62. The minimum absolute atomic E-state index is 0.00475. The van der Waals surface area contributed by atoms with E-state index in [1.165, 1.54) is 12.8 Å². The minimum atomic E-state index is -1.26. The molecule has 1 aromatic heterocycles. The number of hydrogen-bond donors (Lipinski definition) is 3. The number of ether oxygens (including phenoxy) is 3. The van der Waals surface area contributed by atoms with Crippen LogP contribution in [0.15, 0.2) is 24.5 Å². The van der Waals surface area contributed by atoms with E-state index in [-0.39, 0.29) is 57.0 Å². The Bertz CT molecular complexity index is 1450. The molecule has 3 heterocycles. The molecule has 0 aromatic carbocycles. The van der Waals surface area contributed by atoms with E-state index in [0.717, 1.165) is 32.1 Å². The maximum absolute atomic E-state index is 13.2. The number of aliphatic hydroxyl groups is 3. The summed E-state index contributed by atoms with van der Waals surface area (Å²) < 4.78 is 19.7. The van der Waals surface area contributed by atoms with Gasteiger partial charge in [0.25, 0.3) is 5.91 Å². The molecule has 2 aliphatic heterocycles. The highest BCUT2D eigenvalue weighted by atomic mass is 16.7. The van der Waals surface area contributed by atoms with Crippen LogP contribution < -0.4 is 0 Å². The second-order valence-electron chi connectivity index (χ2n) is 19.1. The predicted molar refractivity (Wildman–Crippen MR) is 183 cm³/mol. The Morgan fingerprint density at radius 2 is 1.76 bits per heavy atom. The monoisotopic (exact) mass is 680 g/mol. The zero-order chi connectivity index (χ0) is 34.9. The van der Waals surface area contributed by atoms with Crippen LogP contribution in [0.1, 0.15) is 110 Å². The molecular formula is C40H60N2O7. The van der Waals surface area contributed by atoms with Crippen molar-refractivity contribution in [1.82, 2.24) is 9.88 Å². The number of aliphatic hydroxyl groups excluding tert-OH is 2. The van der Waals surface area contributed by atoms with Gasteiger partial charge < -0.3 is 34.4 Å². The molecule has 14 unspecified atom stereocenters. The van der Waals surface area contributed by atoms with Gasteiger partial charge in [0.2, 0.25) is 0 Å². The molecule has 2 spiro atoms. The Labute approximate surface area is 292 Å². The van der Waals surface area contributed by atoms with Crippen molar-refractivity contribution < 1.29 is 34.3 Å². The maximum atomic E-state index is 13.2. The summed E-state index contributed by atoms with van der Waals surface area (Å²) in [4.78, 5) is 19.1. The lowest BCUT2D eigenvalue weighted by atomic mass is 9.41. The summed E-state index contributed by atoms with van der Waals surface area (Å²) in [6, 6.07) is 3.52. The number of morpholine rings is 1. The molecule has 1 aromatic rings. The van der Waals surface area contributed by atoms with Crippen LogP contribution in [0.2, 0.25) is 0 Å². The van der Waals surface area contributed by atoms with Gasteiger partial charge >= 0.3 is 0 Å². The average Bonchev–Trinajstić information content (AvgIpc) is 3.70. The fourth-order valence-electron chi connectivity index (χ4n) is 14.0. The first-order valence-electron chi connectivity index (χ1n) is 19.2. The summed E-state index contributed by atoms with van der Waals surface area (Å²) in [5, 5.41) is 34.2. The number of hydrogen-bond acceptors (Lipinski definition) is 8. The molecule has 14 atom stereocenters. The van der Waals surface area contributed by atoms with Crippen LogP contribution in [-0.4, -0.2) is 93.2 Å². The van der Waals surface area contributed by atoms with Crippen LogP contribution in [0.5, 0.6) is 0 Å². The van der Waals surface area contributed by atoms with Gasteiger partial charge in [-0.2, -0.15) is 0 Å². The minimum Gasteiger partial charge on any atom is -0.390 e. The highest BCUT2D eigenvalue weighted by Gasteiger charge is 2.84. The van der Waals surface area contributed by atoms with Crippen molar-refractivity contribution >= 4 is 5.91 Å². The Balaban J connectivity index is 1.00. The van der Waals surface area contributed by atoms with Crippen molar-refractivity contribution in [1.29, 1.82) is 0 Å². The molecule has 9 heteroatoms. The lowest BCUT2D eigenvalue weighted by Gasteiger charge is -2.64. The van der Waals surface area contributed by atoms with Gasteiger partial charge in [0.1, 0.15) is 6.10 Å². The molecule has 49 heavy (non-hydrogen) atoms. The van der Waals surface area contributed by atoms with E-state index in [9.17, 15) is 20.1 Å². The van der Waals surface area contributed by atoms with Gasteiger partial charge in [-0.15, -0.1) is 0 Å². The first kappa shape index (κ1) is 34.5. The summed E-state index contributed by atoms with van der Waals surface area (Å²) in [6.45, 7) is 16.7. The van der Waals surface area contributed by atoms with Gasteiger partial charge in [0, 0.05) is 29.9 Å². The number of rotatable bonds is 5. The van der Waals surface area contributed by atoms with Crippen molar-refractivity contribution in [2.75, 3.05) is 19.7 Å². The first-order chi connectivity index (χ1) is 23.0.